The van der Waals surface area contributed by atoms with Gasteiger partial charge in [-0.1, -0.05) is 0 Å². The minimum Gasteiger partial charge on any atom is -0.396 e. The van der Waals surface area contributed by atoms with Gasteiger partial charge < -0.3 is 10.5 Å². The fraction of sp³-hybridized carbons (Fsp3) is 0.556. The molecule has 0 bridgehead atoms. The highest BCUT2D eigenvalue weighted by atomic mass is 32.2. The van der Waals surface area contributed by atoms with E-state index < -0.39 is 0 Å². The van der Waals surface area contributed by atoms with Gasteiger partial charge in [-0.05, 0) is 12.8 Å². The molecule has 5 nitrogen and oxygen atoms in total. The van der Waals surface area contributed by atoms with Crippen molar-refractivity contribution in [3.8, 4) is 0 Å². The van der Waals surface area contributed by atoms with Gasteiger partial charge in [-0.3, -0.25) is 0 Å². The van der Waals surface area contributed by atoms with Gasteiger partial charge in [0.15, 0.2) is 0 Å². The van der Waals surface area contributed by atoms with Crippen LogP contribution in [-0.4, -0.2) is 27.4 Å². The fourth-order valence-corrected chi connectivity index (χ4v) is 1.92. The lowest BCUT2D eigenvalue weighted by Gasteiger charge is -2.05. The second kappa shape index (κ2) is 4.78. The Morgan fingerprint density at radius 1 is 1.53 bits per heavy atom. The molecule has 6 heteroatoms. The third kappa shape index (κ3) is 2.80. The Morgan fingerprint density at radius 2 is 2.33 bits per heavy atom. The quantitative estimate of drug-likeness (QED) is 0.297. The number of nitrogens with two attached hydrogens (primary N) is 1. The van der Waals surface area contributed by atoms with Gasteiger partial charge in [-0.2, -0.15) is 0 Å². The monoisotopic (exact) mass is 226 g/mol. The summed E-state index contributed by atoms with van der Waals surface area (Å²) in [7, 11) is 0. The Balaban J connectivity index is 2.16. The smallest absolute Gasteiger partial charge is 0.144 e. The average Bonchev–Trinajstić information content (AvgIpc) is 3.09. The molecule has 0 amide bonds. The van der Waals surface area contributed by atoms with Gasteiger partial charge in [0.2, 0.25) is 0 Å². The standard InChI is InChI=1S/C9H14N4OS/c10-13-7-5-8(15-4-3-14)12-9(11-7)6-1-2-6/h5-6,14H,1-4,10H2,(H,11,12,13). The highest BCUT2D eigenvalue weighted by Crippen LogP contribution is 2.39. The summed E-state index contributed by atoms with van der Waals surface area (Å²) in [4.78, 5) is 8.72. The Labute approximate surface area is 92.5 Å². The molecular formula is C9H14N4OS. The lowest BCUT2D eigenvalue weighted by molar-refractivity contribution is 0.322. The highest BCUT2D eigenvalue weighted by molar-refractivity contribution is 7.99. The number of aromatic nitrogens is 2. The van der Waals surface area contributed by atoms with E-state index in [1.165, 1.54) is 11.8 Å². The van der Waals surface area contributed by atoms with Crippen LogP contribution < -0.4 is 11.3 Å². The summed E-state index contributed by atoms with van der Waals surface area (Å²) in [6.45, 7) is 0.152. The molecule has 1 aliphatic carbocycles. The van der Waals surface area contributed by atoms with Gasteiger partial charge in [0, 0.05) is 17.7 Å². The number of anilines is 1. The molecule has 0 atom stereocenters. The number of aliphatic hydroxyl groups is 1. The first-order valence-corrected chi connectivity index (χ1v) is 5.91. The summed E-state index contributed by atoms with van der Waals surface area (Å²) in [5.74, 6) is 8.00. The number of nitrogens with zero attached hydrogens (tertiary/aromatic N) is 2. The Hall–Kier alpha value is -0.850. The van der Waals surface area contributed by atoms with E-state index in [0.717, 1.165) is 23.7 Å². The van der Waals surface area contributed by atoms with Crippen molar-refractivity contribution in [2.75, 3.05) is 17.8 Å². The third-order valence-corrected chi connectivity index (χ3v) is 3.04. The number of nitrogen functional groups attached to an aromatic ring is 1. The van der Waals surface area contributed by atoms with Crippen molar-refractivity contribution in [2.24, 2.45) is 5.84 Å². The molecule has 4 N–H and O–H groups in total. The fourth-order valence-electron chi connectivity index (χ4n) is 1.27. The zero-order chi connectivity index (χ0) is 10.7. The van der Waals surface area contributed by atoms with E-state index in [0.29, 0.717) is 17.5 Å². The molecule has 2 rings (SSSR count). The zero-order valence-corrected chi connectivity index (χ0v) is 9.13. The number of nitrogens with one attached hydrogen (secondary N) is 1. The molecule has 1 saturated carbocycles. The number of hydrazine groups is 1. The van der Waals surface area contributed by atoms with Gasteiger partial charge >= 0.3 is 0 Å². The molecule has 15 heavy (non-hydrogen) atoms. The van der Waals surface area contributed by atoms with Crippen LogP contribution >= 0.6 is 11.8 Å². The summed E-state index contributed by atoms with van der Waals surface area (Å²) in [5, 5.41) is 9.61. The first-order valence-electron chi connectivity index (χ1n) is 4.92. The van der Waals surface area contributed by atoms with Crippen molar-refractivity contribution >= 4 is 17.6 Å². The number of thioether (sulfide) groups is 1. The molecule has 0 radical (unpaired) electrons. The lowest BCUT2D eigenvalue weighted by atomic mass is 10.4. The molecule has 1 fully saturated rings. The maximum Gasteiger partial charge on any atom is 0.144 e. The second-order valence-electron chi connectivity index (χ2n) is 3.44. The van der Waals surface area contributed by atoms with Crippen LogP contribution in [0.4, 0.5) is 5.82 Å². The normalized spacial score (nSPS) is 15.3. The molecular weight excluding hydrogens is 212 g/mol. The average molecular weight is 226 g/mol. The Morgan fingerprint density at radius 3 is 2.93 bits per heavy atom. The number of aliphatic hydroxyl groups excluding tert-OH is 1. The van der Waals surface area contributed by atoms with Gasteiger partial charge in [0.25, 0.3) is 0 Å². The van der Waals surface area contributed by atoms with E-state index in [1.807, 2.05) is 0 Å². The largest absolute Gasteiger partial charge is 0.396 e. The summed E-state index contributed by atoms with van der Waals surface area (Å²) in [5.41, 5.74) is 2.54. The van der Waals surface area contributed by atoms with Gasteiger partial charge in [-0.25, -0.2) is 15.8 Å². The predicted octanol–water partition coefficient (Wildman–Crippen LogP) is 0.724. The van der Waals surface area contributed by atoms with Crippen molar-refractivity contribution in [3.63, 3.8) is 0 Å². The molecule has 0 unspecified atom stereocenters. The van der Waals surface area contributed by atoms with Gasteiger partial charge in [0.05, 0.1) is 6.61 Å². The van der Waals surface area contributed by atoms with Crippen molar-refractivity contribution < 1.29 is 5.11 Å². The molecule has 0 aromatic carbocycles. The molecule has 1 heterocycles. The first kappa shape index (κ1) is 10.7. The summed E-state index contributed by atoms with van der Waals surface area (Å²) in [6.07, 6.45) is 2.33. The number of hydrogen-bond acceptors (Lipinski definition) is 6. The Bertz CT molecular complexity index is 343. The Kier molecular flexibility index (Phi) is 3.40. The van der Waals surface area contributed by atoms with Gasteiger partial charge in [0.1, 0.15) is 16.7 Å². The van der Waals surface area contributed by atoms with Gasteiger partial charge in [-0.15, -0.1) is 11.8 Å². The van der Waals surface area contributed by atoms with Crippen LogP contribution in [0.3, 0.4) is 0 Å². The van der Waals surface area contributed by atoms with E-state index in [9.17, 15) is 0 Å². The predicted molar refractivity (Wildman–Crippen MR) is 59.6 cm³/mol. The second-order valence-corrected chi connectivity index (χ2v) is 4.56. The van der Waals surface area contributed by atoms with Crippen LogP contribution in [-0.2, 0) is 0 Å². The van der Waals surface area contributed by atoms with Crippen LogP contribution in [0.1, 0.15) is 24.6 Å². The number of hydrogen-bond donors (Lipinski definition) is 3. The van der Waals surface area contributed by atoms with Crippen LogP contribution in [0.5, 0.6) is 0 Å². The summed E-state index contributed by atoms with van der Waals surface area (Å²) < 4.78 is 0. The summed E-state index contributed by atoms with van der Waals surface area (Å²) in [6, 6.07) is 1.80. The molecule has 0 aliphatic heterocycles. The van der Waals surface area contributed by atoms with Crippen molar-refractivity contribution in [1.82, 2.24) is 9.97 Å². The molecule has 1 aliphatic rings. The van der Waals surface area contributed by atoms with Crippen molar-refractivity contribution in [2.45, 2.75) is 23.8 Å². The first-order chi connectivity index (χ1) is 7.33. The minimum atomic E-state index is 0.152. The topological polar surface area (TPSA) is 84.1 Å². The van der Waals surface area contributed by atoms with Crippen molar-refractivity contribution in [1.29, 1.82) is 0 Å². The van der Waals surface area contributed by atoms with Crippen LogP contribution in [0.2, 0.25) is 0 Å². The minimum absolute atomic E-state index is 0.152. The lowest BCUT2D eigenvalue weighted by Crippen LogP contribution is -2.10. The van der Waals surface area contributed by atoms with Crippen LogP contribution in [0, 0.1) is 0 Å². The third-order valence-electron chi connectivity index (χ3n) is 2.15. The molecule has 0 spiro atoms. The van der Waals surface area contributed by atoms with Crippen LogP contribution in [0.25, 0.3) is 0 Å². The molecule has 82 valence electrons. The maximum absolute atomic E-state index is 8.74. The zero-order valence-electron chi connectivity index (χ0n) is 8.31. The van der Waals surface area contributed by atoms with Crippen LogP contribution in [0.15, 0.2) is 11.1 Å². The van der Waals surface area contributed by atoms with E-state index in [4.69, 9.17) is 10.9 Å². The number of rotatable bonds is 5. The molecule has 0 saturated heterocycles. The molecule has 1 aromatic heterocycles. The summed E-state index contributed by atoms with van der Waals surface area (Å²) >= 11 is 1.51. The van der Waals surface area contributed by atoms with E-state index in [1.54, 1.807) is 6.07 Å². The van der Waals surface area contributed by atoms with E-state index >= 15 is 0 Å². The van der Waals surface area contributed by atoms with E-state index in [2.05, 4.69) is 15.4 Å². The molecule has 1 aromatic rings. The van der Waals surface area contributed by atoms with E-state index in [-0.39, 0.29) is 6.61 Å². The maximum atomic E-state index is 8.74. The SMILES string of the molecule is NNc1cc(SCCO)nc(C2CC2)n1. The van der Waals surface area contributed by atoms with Crippen molar-refractivity contribution in [3.05, 3.63) is 11.9 Å². The highest BCUT2D eigenvalue weighted by Gasteiger charge is 2.27.